The monoisotopic (exact) mass is 255 g/mol. The summed E-state index contributed by atoms with van der Waals surface area (Å²) >= 11 is 0. The first kappa shape index (κ1) is 11.7. The Morgan fingerprint density at radius 2 is 1.68 bits per heavy atom. The Balaban J connectivity index is 2.35. The third-order valence-electron chi connectivity index (χ3n) is 3.38. The van der Waals surface area contributed by atoms with Gasteiger partial charge in [-0.2, -0.15) is 0 Å². The number of amides is 2. The van der Waals surface area contributed by atoms with Crippen molar-refractivity contribution >= 4 is 28.3 Å². The van der Waals surface area contributed by atoms with E-state index in [0.29, 0.717) is 22.2 Å². The molecule has 5 heteroatoms. The molecule has 4 N–H and O–H groups in total. The fraction of sp³-hybridized carbons (Fsp3) is 0.143. The molecule has 0 saturated carbocycles. The van der Waals surface area contributed by atoms with E-state index in [1.165, 1.54) is 4.90 Å². The lowest BCUT2D eigenvalue weighted by Crippen LogP contribution is -2.43. The van der Waals surface area contributed by atoms with Crippen molar-refractivity contribution in [3.05, 3.63) is 41.5 Å². The number of carbonyl (C=O) groups excluding carboxylic acids is 2. The summed E-state index contributed by atoms with van der Waals surface area (Å²) in [4.78, 5) is 25.8. The second-order valence-electron chi connectivity index (χ2n) is 4.48. The van der Waals surface area contributed by atoms with Crippen molar-refractivity contribution in [2.75, 3.05) is 18.8 Å². The number of nitrogens with zero attached hydrogens (tertiary/aromatic N) is 1. The molecule has 0 unspecified atom stereocenters. The predicted octanol–water partition coefficient (Wildman–Crippen LogP) is 0.977. The molecule has 0 aliphatic carbocycles. The van der Waals surface area contributed by atoms with Crippen molar-refractivity contribution in [2.24, 2.45) is 5.73 Å². The highest BCUT2D eigenvalue weighted by Crippen LogP contribution is 2.32. The molecule has 96 valence electrons. The van der Waals surface area contributed by atoms with Crippen LogP contribution in [0, 0.1) is 0 Å². The van der Waals surface area contributed by atoms with E-state index in [0.717, 1.165) is 5.39 Å². The van der Waals surface area contributed by atoms with Crippen LogP contribution in [0.1, 0.15) is 20.7 Å². The van der Waals surface area contributed by atoms with E-state index >= 15 is 0 Å². The summed E-state index contributed by atoms with van der Waals surface area (Å²) < 4.78 is 0. The third-order valence-corrected chi connectivity index (χ3v) is 3.38. The summed E-state index contributed by atoms with van der Waals surface area (Å²) in [5.74, 6) is -0.613. The van der Waals surface area contributed by atoms with E-state index in [1.807, 2.05) is 6.07 Å². The van der Waals surface area contributed by atoms with Gasteiger partial charge in [-0.05, 0) is 18.2 Å². The number of nitrogen functional groups attached to an aromatic ring is 1. The van der Waals surface area contributed by atoms with Crippen molar-refractivity contribution in [1.82, 2.24) is 4.90 Å². The quantitative estimate of drug-likeness (QED) is 0.618. The smallest absolute Gasteiger partial charge is 0.261 e. The van der Waals surface area contributed by atoms with Gasteiger partial charge in [0.2, 0.25) is 0 Å². The molecule has 1 aliphatic rings. The topological polar surface area (TPSA) is 89.4 Å². The standard InChI is InChI=1S/C14H13N3O2/c15-6-7-17-13(18)9-3-1-2-8-11(16)5-4-10(12(8)9)14(17)19/h1-5H,6-7,15-16H2. The van der Waals surface area contributed by atoms with E-state index in [-0.39, 0.29) is 24.9 Å². The Kier molecular flexibility index (Phi) is 2.50. The molecule has 0 bridgehead atoms. The lowest BCUT2D eigenvalue weighted by atomic mass is 9.93. The lowest BCUT2D eigenvalue weighted by Gasteiger charge is -2.27. The number of rotatable bonds is 2. The largest absolute Gasteiger partial charge is 0.398 e. The molecule has 0 radical (unpaired) electrons. The molecule has 2 aromatic carbocycles. The van der Waals surface area contributed by atoms with Crippen LogP contribution in [-0.4, -0.2) is 29.8 Å². The predicted molar refractivity (Wildman–Crippen MR) is 72.8 cm³/mol. The zero-order valence-electron chi connectivity index (χ0n) is 10.2. The summed E-state index contributed by atoms with van der Waals surface area (Å²) in [6, 6.07) is 8.65. The van der Waals surface area contributed by atoms with Crippen molar-refractivity contribution in [3.63, 3.8) is 0 Å². The molecule has 0 saturated heterocycles. The van der Waals surface area contributed by atoms with E-state index in [1.54, 1.807) is 24.3 Å². The maximum absolute atomic E-state index is 12.3. The molecule has 0 fully saturated rings. The van der Waals surface area contributed by atoms with Crippen molar-refractivity contribution in [3.8, 4) is 0 Å². The fourth-order valence-corrected chi connectivity index (χ4v) is 2.50. The van der Waals surface area contributed by atoms with Crippen LogP contribution in [0.5, 0.6) is 0 Å². The van der Waals surface area contributed by atoms with Crippen molar-refractivity contribution in [2.45, 2.75) is 0 Å². The molecule has 3 rings (SSSR count). The van der Waals surface area contributed by atoms with E-state index < -0.39 is 0 Å². The molecule has 2 aromatic rings. The number of hydrogen-bond donors (Lipinski definition) is 2. The Labute approximate surface area is 109 Å². The zero-order valence-corrected chi connectivity index (χ0v) is 10.2. The number of anilines is 1. The molecule has 0 aromatic heterocycles. The van der Waals surface area contributed by atoms with Crippen LogP contribution in [0.25, 0.3) is 10.8 Å². The van der Waals surface area contributed by atoms with Gasteiger partial charge < -0.3 is 11.5 Å². The third kappa shape index (κ3) is 1.52. The molecule has 5 nitrogen and oxygen atoms in total. The highest BCUT2D eigenvalue weighted by molar-refractivity contribution is 6.26. The molecule has 2 amide bonds. The molecular weight excluding hydrogens is 242 g/mol. The van der Waals surface area contributed by atoms with Gasteiger partial charge in [-0.1, -0.05) is 12.1 Å². The van der Waals surface area contributed by atoms with Crippen LogP contribution in [0.2, 0.25) is 0 Å². The highest BCUT2D eigenvalue weighted by atomic mass is 16.2. The van der Waals surface area contributed by atoms with Gasteiger partial charge in [0.15, 0.2) is 0 Å². The highest BCUT2D eigenvalue weighted by Gasteiger charge is 2.32. The first-order chi connectivity index (χ1) is 9.15. The number of nitrogens with two attached hydrogens (primary N) is 2. The maximum atomic E-state index is 12.3. The average Bonchev–Trinajstić information content (AvgIpc) is 2.42. The van der Waals surface area contributed by atoms with E-state index in [9.17, 15) is 9.59 Å². The molecule has 0 atom stereocenters. The molecule has 19 heavy (non-hydrogen) atoms. The van der Waals surface area contributed by atoms with Crippen molar-refractivity contribution < 1.29 is 9.59 Å². The van der Waals surface area contributed by atoms with Crippen molar-refractivity contribution in [1.29, 1.82) is 0 Å². The number of benzene rings is 2. The number of hydrogen-bond acceptors (Lipinski definition) is 4. The van der Waals surface area contributed by atoms with Crippen LogP contribution < -0.4 is 11.5 Å². The average molecular weight is 255 g/mol. The Hall–Kier alpha value is -2.40. The van der Waals surface area contributed by atoms with Crippen LogP contribution >= 0.6 is 0 Å². The van der Waals surface area contributed by atoms with Crippen LogP contribution in [0.15, 0.2) is 30.3 Å². The number of carbonyl (C=O) groups is 2. The van der Waals surface area contributed by atoms with Crippen LogP contribution in [-0.2, 0) is 0 Å². The SMILES string of the molecule is NCCN1C(=O)c2cccc3c(N)ccc(c23)C1=O. The Bertz CT molecular complexity index is 687. The van der Waals surface area contributed by atoms with Gasteiger partial charge in [0.05, 0.1) is 0 Å². The van der Waals surface area contributed by atoms with Crippen LogP contribution in [0.4, 0.5) is 5.69 Å². The van der Waals surface area contributed by atoms with E-state index in [2.05, 4.69) is 0 Å². The molecule has 1 aliphatic heterocycles. The van der Waals surface area contributed by atoms with Gasteiger partial charge in [-0.3, -0.25) is 14.5 Å². The lowest BCUT2D eigenvalue weighted by molar-refractivity contribution is 0.0615. The summed E-state index contributed by atoms with van der Waals surface area (Å²) in [6.07, 6.45) is 0. The van der Waals surface area contributed by atoms with Gasteiger partial charge in [-0.15, -0.1) is 0 Å². The van der Waals surface area contributed by atoms with Gasteiger partial charge in [0, 0.05) is 40.7 Å². The summed E-state index contributed by atoms with van der Waals surface area (Å²) in [7, 11) is 0. The Morgan fingerprint density at radius 3 is 2.37 bits per heavy atom. The minimum Gasteiger partial charge on any atom is -0.398 e. The summed E-state index contributed by atoms with van der Waals surface area (Å²) in [5.41, 5.74) is 12.9. The first-order valence-corrected chi connectivity index (χ1v) is 6.02. The minimum atomic E-state index is -0.306. The summed E-state index contributed by atoms with van der Waals surface area (Å²) in [5, 5.41) is 1.38. The van der Waals surface area contributed by atoms with Gasteiger partial charge in [-0.25, -0.2) is 0 Å². The second-order valence-corrected chi connectivity index (χ2v) is 4.48. The normalized spacial score (nSPS) is 14.3. The maximum Gasteiger partial charge on any atom is 0.261 e. The first-order valence-electron chi connectivity index (χ1n) is 6.02. The minimum absolute atomic E-state index is 0.220. The van der Waals surface area contributed by atoms with Gasteiger partial charge >= 0.3 is 0 Å². The fourth-order valence-electron chi connectivity index (χ4n) is 2.50. The summed E-state index contributed by atoms with van der Waals surface area (Å²) in [6.45, 7) is 0.468. The molecule has 1 heterocycles. The number of imide groups is 1. The van der Waals surface area contributed by atoms with Gasteiger partial charge in [0.25, 0.3) is 11.8 Å². The molecular formula is C14H13N3O2. The Morgan fingerprint density at radius 1 is 1.00 bits per heavy atom. The van der Waals surface area contributed by atoms with Gasteiger partial charge in [0.1, 0.15) is 0 Å². The molecule has 0 spiro atoms. The van der Waals surface area contributed by atoms with E-state index in [4.69, 9.17) is 11.5 Å². The van der Waals surface area contributed by atoms with Crippen LogP contribution in [0.3, 0.4) is 0 Å². The zero-order chi connectivity index (χ0) is 13.6. The second kappa shape index (κ2) is 4.07.